The van der Waals surface area contributed by atoms with Gasteiger partial charge in [0.2, 0.25) is 11.8 Å². The summed E-state index contributed by atoms with van der Waals surface area (Å²) in [6.45, 7) is 1.30. The number of carbonyl (C=O) groups excluding carboxylic acids is 2. The molecule has 0 atom stereocenters. The number of aromatic nitrogens is 1. The topological polar surface area (TPSA) is 84.0 Å². The standard InChI is InChI=1S/C22H26N4O4/c1-25-12-17-10-15(11-23-22(17)24-19(27)14-25)8-9-20(28)26(2)13-16-6-5-7-18(29-3)21(16)30-4/h5-11H,12-14H2,1-4H3,(H,23,24,27)/b9-8+. The Morgan fingerprint density at radius 3 is 2.83 bits per heavy atom. The average molecular weight is 410 g/mol. The van der Waals surface area contributed by atoms with Gasteiger partial charge in [0.25, 0.3) is 0 Å². The van der Waals surface area contributed by atoms with Crippen LogP contribution in [0.5, 0.6) is 11.5 Å². The van der Waals surface area contributed by atoms with E-state index in [4.69, 9.17) is 9.47 Å². The lowest BCUT2D eigenvalue weighted by molar-refractivity contribution is -0.125. The Labute approximate surface area is 176 Å². The first-order valence-corrected chi connectivity index (χ1v) is 9.51. The highest BCUT2D eigenvalue weighted by Gasteiger charge is 2.18. The van der Waals surface area contributed by atoms with Gasteiger partial charge in [0.05, 0.1) is 20.8 Å². The zero-order valence-corrected chi connectivity index (χ0v) is 17.6. The summed E-state index contributed by atoms with van der Waals surface area (Å²) in [4.78, 5) is 32.2. The first kappa shape index (κ1) is 21.3. The zero-order chi connectivity index (χ0) is 21.7. The second-order valence-corrected chi connectivity index (χ2v) is 7.18. The van der Waals surface area contributed by atoms with Crippen molar-refractivity contribution in [1.29, 1.82) is 0 Å². The van der Waals surface area contributed by atoms with Crippen molar-refractivity contribution in [1.82, 2.24) is 14.8 Å². The number of amides is 2. The Kier molecular flexibility index (Phi) is 6.68. The molecule has 3 rings (SSSR count). The lowest BCUT2D eigenvalue weighted by atomic mass is 10.1. The minimum Gasteiger partial charge on any atom is -0.493 e. The summed E-state index contributed by atoms with van der Waals surface area (Å²) in [6, 6.07) is 7.51. The average Bonchev–Trinajstić information content (AvgIpc) is 2.87. The lowest BCUT2D eigenvalue weighted by Crippen LogP contribution is -2.26. The van der Waals surface area contributed by atoms with Crippen molar-refractivity contribution in [2.45, 2.75) is 13.1 Å². The van der Waals surface area contributed by atoms with Crippen molar-refractivity contribution >= 4 is 23.7 Å². The van der Waals surface area contributed by atoms with Gasteiger partial charge in [-0.15, -0.1) is 0 Å². The van der Waals surface area contributed by atoms with E-state index < -0.39 is 0 Å². The Bertz CT molecular complexity index is 974. The van der Waals surface area contributed by atoms with Crippen LogP contribution in [-0.4, -0.2) is 61.5 Å². The monoisotopic (exact) mass is 410 g/mol. The minimum absolute atomic E-state index is 0.0863. The number of ether oxygens (including phenoxy) is 2. The Balaban J connectivity index is 1.71. The number of hydrogen-bond acceptors (Lipinski definition) is 6. The largest absolute Gasteiger partial charge is 0.493 e. The highest BCUT2D eigenvalue weighted by Crippen LogP contribution is 2.31. The van der Waals surface area contributed by atoms with E-state index in [0.717, 1.165) is 16.7 Å². The molecule has 0 unspecified atom stereocenters. The molecule has 2 heterocycles. The maximum atomic E-state index is 12.6. The maximum Gasteiger partial charge on any atom is 0.246 e. The van der Waals surface area contributed by atoms with Crippen molar-refractivity contribution in [3.8, 4) is 11.5 Å². The Hall–Kier alpha value is -3.39. The molecule has 158 valence electrons. The van der Waals surface area contributed by atoms with E-state index in [1.807, 2.05) is 36.2 Å². The van der Waals surface area contributed by atoms with Gasteiger partial charge in [0, 0.05) is 43.5 Å². The van der Waals surface area contributed by atoms with Crippen LogP contribution in [0.15, 0.2) is 36.5 Å². The smallest absolute Gasteiger partial charge is 0.246 e. The van der Waals surface area contributed by atoms with Crippen LogP contribution in [0.4, 0.5) is 5.82 Å². The van der Waals surface area contributed by atoms with Gasteiger partial charge < -0.3 is 19.7 Å². The molecule has 8 nitrogen and oxygen atoms in total. The van der Waals surface area contributed by atoms with Crippen LogP contribution in [0.1, 0.15) is 16.7 Å². The summed E-state index contributed by atoms with van der Waals surface area (Å²) in [7, 11) is 6.76. The van der Waals surface area contributed by atoms with Crippen molar-refractivity contribution < 1.29 is 19.1 Å². The van der Waals surface area contributed by atoms with E-state index in [9.17, 15) is 9.59 Å². The van der Waals surface area contributed by atoms with E-state index in [-0.39, 0.29) is 11.8 Å². The molecule has 0 saturated heterocycles. The molecule has 2 amide bonds. The number of benzene rings is 1. The van der Waals surface area contributed by atoms with Gasteiger partial charge in [-0.05, 0) is 30.8 Å². The molecule has 0 aliphatic carbocycles. The molecule has 0 fully saturated rings. The third kappa shape index (κ3) is 4.96. The Morgan fingerprint density at radius 1 is 1.30 bits per heavy atom. The van der Waals surface area contributed by atoms with Crippen LogP contribution >= 0.6 is 0 Å². The quantitative estimate of drug-likeness (QED) is 0.735. The highest BCUT2D eigenvalue weighted by atomic mass is 16.5. The molecule has 1 aromatic heterocycles. The van der Waals surface area contributed by atoms with E-state index in [0.29, 0.717) is 37.0 Å². The number of anilines is 1. The highest BCUT2D eigenvalue weighted by molar-refractivity contribution is 5.93. The van der Waals surface area contributed by atoms with Crippen LogP contribution in [0.25, 0.3) is 6.08 Å². The van der Waals surface area contributed by atoms with Crippen molar-refractivity contribution in [2.24, 2.45) is 0 Å². The molecular weight excluding hydrogens is 384 g/mol. The number of para-hydroxylation sites is 1. The molecule has 8 heteroatoms. The Morgan fingerprint density at radius 2 is 2.10 bits per heavy atom. The van der Waals surface area contributed by atoms with Crippen LogP contribution in [0, 0.1) is 0 Å². The van der Waals surface area contributed by atoms with E-state index in [1.54, 1.807) is 38.4 Å². The van der Waals surface area contributed by atoms with E-state index >= 15 is 0 Å². The van der Waals surface area contributed by atoms with Gasteiger partial charge >= 0.3 is 0 Å². The molecular formula is C22H26N4O4. The van der Waals surface area contributed by atoms with Gasteiger partial charge in [-0.2, -0.15) is 0 Å². The van der Waals surface area contributed by atoms with Gasteiger partial charge in [-0.1, -0.05) is 12.1 Å². The molecule has 0 radical (unpaired) electrons. The fourth-order valence-electron chi connectivity index (χ4n) is 3.32. The molecule has 0 saturated carbocycles. The summed E-state index contributed by atoms with van der Waals surface area (Å²) in [5, 5.41) is 2.80. The SMILES string of the molecule is COc1cccc(CN(C)C(=O)/C=C/c2cnc3c(c2)CN(C)CC(=O)N3)c1OC. The lowest BCUT2D eigenvalue weighted by Gasteiger charge is -2.18. The van der Waals surface area contributed by atoms with Crippen molar-refractivity contribution in [3.05, 3.63) is 53.2 Å². The second kappa shape index (κ2) is 9.41. The maximum absolute atomic E-state index is 12.6. The summed E-state index contributed by atoms with van der Waals surface area (Å²) in [6.07, 6.45) is 4.87. The number of pyridine rings is 1. The van der Waals surface area contributed by atoms with Gasteiger partial charge in [0.1, 0.15) is 5.82 Å². The summed E-state index contributed by atoms with van der Waals surface area (Å²) in [5.74, 6) is 1.57. The first-order valence-electron chi connectivity index (χ1n) is 9.51. The number of nitrogens with one attached hydrogen (secondary N) is 1. The van der Waals surface area contributed by atoms with Gasteiger partial charge in [0.15, 0.2) is 11.5 Å². The summed E-state index contributed by atoms with van der Waals surface area (Å²) in [5.41, 5.74) is 2.55. The predicted octanol–water partition coefficient (Wildman–Crippen LogP) is 2.15. The summed E-state index contributed by atoms with van der Waals surface area (Å²) >= 11 is 0. The number of likely N-dealkylation sites (N-methyl/N-ethyl adjacent to an activating group) is 2. The van der Waals surface area contributed by atoms with Gasteiger partial charge in [-0.3, -0.25) is 14.5 Å². The third-order valence-corrected chi connectivity index (χ3v) is 4.79. The molecule has 1 aliphatic rings. The second-order valence-electron chi connectivity index (χ2n) is 7.18. The fraction of sp³-hybridized carbons (Fsp3) is 0.318. The molecule has 1 aromatic carbocycles. The van der Waals surface area contributed by atoms with Crippen molar-refractivity contribution in [3.63, 3.8) is 0 Å². The van der Waals surface area contributed by atoms with Crippen LogP contribution in [-0.2, 0) is 22.7 Å². The number of methoxy groups -OCH3 is 2. The first-order chi connectivity index (χ1) is 14.4. The molecule has 1 N–H and O–H groups in total. The number of nitrogens with zero attached hydrogens (tertiary/aromatic N) is 3. The van der Waals surface area contributed by atoms with E-state index in [2.05, 4.69) is 10.3 Å². The van der Waals surface area contributed by atoms with Crippen LogP contribution < -0.4 is 14.8 Å². The van der Waals surface area contributed by atoms with Crippen molar-refractivity contribution in [2.75, 3.05) is 40.2 Å². The normalized spacial score (nSPS) is 14.1. The third-order valence-electron chi connectivity index (χ3n) is 4.79. The van der Waals surface area contributed by atoms with E-state index in [1.165, 1.54) is 6.08 Å². The fourth-order valence-corrected chi connectivity index (χ4v) is 3.32. The molecule has 2 aromatic rings. The minimum atomic E-state index is -0.153. The number of carbonyl (C=O) groups is 2. The number of rotatable bonds is 6. The molecule has 1 aliphatic heterocycles. The molecule has 0 spiro atoms. The number of hydrogen-bond donors (Lipinski definition) is 1. The molecule has 0 bridgehead atoms. The number of fused-ring (bicyclic) bond motifs is 1. The predicted molar refractivity (Wildman–Crippen MR) is 114 cm³/mol. The summed E-state index contributed by atoms with van der Waals surface area (Å²) < 4.78 is 10.7. The molecule has 30 heavy (non-hydrogen) atoms. The zero-order valence-electron chi connectivity index (χ0n) is 17.6. The van der Waals surface area contributed by atoms with Crippen LogP contribution in [0.2, 0.25) is 0 Å². The van der Waals surface area contributed by atoms with Crippen LogP contribution in [0.3, 0.4) is 0 Å². The van der Waals surface area contributed by atoms with Gasteiger partial charge in [-0.25, -0.2) is 4.98 Å².